The summed E-state index contributed by atoms with van der Waals surface area (Å²) < 4.78 is 5.32. The minimum Gasteiger partial charge on any atom is -0.482 e. The third-order valence-electron chi connectivity index (χ3n) is 4.62. The van der Waals surface area contributed by atoms with Crippen LogP contribution in [0.25, 0.3) is 0 Å². The molecule has 1 fully saturated rings. The SMILES string of the molecule is O=C1COc2ccc(CNC(=O)c3cccc(N4CCCC4=O)c3)cc2N1. The summed E-state index contributed by atoms with van der Waals surface area (Å²) in [7, 11) is 0. The maximum absolute atomic E-state index is 12.5. The van der Waals surface area contributed by atoms with Gasteiger partial charge in [-0.05, 0) is 42.3 Å². The molecule has 2 aliphatic heterocycles. The summed E-state index contributed by atoms with van der Waals surface area (Å²) in [6.45, 7) is 1.01. The number of hydrogen-bond donors (Lipinski definition) is 2. The molecular weight excluding hydrogens is 346 g/mol. The van der Waals surface area contributed by atoms with E-state index in [9.17, 15) is 14.4 Å². The molecule has 0 atom stereocenters. The molecule has 0 aliphatic carbocycles. The van der Waals surface area contributed by atoms with Crippen LogP contribution in [0.15, 0.2) is 42.5 Å². The molecule has 2 aromatic carbocycles. The van der Waals surface area contributed by atoms with E-state index in [2.05, 4.69) is 10.6 Å². The van der Waals surface area contributed by atoms with Gasteiger partial charge in [-0.15, -0.1) is 0 Å². The van der Waals surface area contributed by atoms with Crippen LogP contribution in [0.1, 0.15) is 28.8 Å². The summed E-state index contributed by atoms with van der Waals surface area (Å²) in [5.41, 5.74) is 2.70. The second kappa shape index (κ2) is 7.11. The Labute approximate surface area is 156 Å². The van der Waals surface area contributed by atoms with Crippen LogP contribution < -0.4 is 20.3 Å². The molecule has 3 amide bonds. The quantitative estimate of drug-likeness (QED) is 0.868. The van der Waals surface area contributed by atoms with Crippen LogP contribution in [0.3, 0.4) is 0 Å². The molecule has 27 heavy (non-hydrogen) atoms. The molecule has 2 heterocycles. The second-order valence-electron chi connectivity index (χ2n) is 6.55. The van der Waals surface area contributed by atoms with Crippen molar-refractivity contribution in [2.75, 3.05) is 23.4 Å². The molecule has 7 heteroatoms. The molecule has 0 spiro atoms. The Kier molecular flexibility index (Phi) is 4.50. The topological polar surface area (TPSA) is 87.7 Å². The smallest absolute Gasteiger partial charge is 0.262 e. The van der Waals surface area contributed by atoms with E-state index in [0.29, 0.717) is 36.5 Å². The summed E-state index contributed by atoms with van der Waals surface area (Å²) in [4.78, 5) is 37.5. The van der Waals surface area contributed by atoms with Gasteiger partial charge in [0.15, 0.2) is 6.61 Å². The van der Waals surface area contributed by atoms with E-state index in [0.717, 1.165) is 17.7 Å². The van der Waals surface area contributed by atoms with Crippen molar-refractivity contribution in [1.82, 2.24) is 5.32 Å². The molecule has 2 aliphatic rings. The van der Waals surface area contributed by atoms with Gasteiger partial charge >= 0.3 is 0 Å². The average Bonchev–Trinajstić information content (AvgIpc) is 3.11. The minimum atomic E-state index is -0.221. The largest absolute Gasteiger partial charge is 0.482 e. The molecule has 2 N–H and O–H groups in total. The zero-order chi connectivity index (χ0) is 18.8. The first kappa shape index (κ1) is 17.1. The number of hydrogen-bond acceptors (Lipinski definition) is 4. The zero-order valence-electron chi connectivity index (χ0n) is 14.7. The molecule has 0 aromatic heterocycles. The van der Waals surface area contributed by atoms with Gasteiger partial charge in [-0.3, -0.25) is 14.4 Å². The number of anilines is 2. The van der Waals surface area contributed by atoms with Crippen LogP contribution in [-0.4, -0.2) is 30.9 Å². The first-order chi connectivity index (χ1) is 13.1. The maximum atomic E-state index is 12.5. The summed E-state index contributed by atoms with van der Waals surface area (Å²) in [5, 5.41) is 5.61. The molecule has 138 valence electrons. The fraction of sp³-hybridized carbons (Fsp3) is 0.250. The number of fused-ring (bicyclic) bond motifs is 1. The lowest BCUT2D eigenvalue weighted by Gasteiger charge is -2.18. The molecule has 4 rings (SSSR count). The van der Waals surface area contributed by atoms with E-state index in [1.165, 1.54) is 0 Å². The van der Waals surface area contributed by atoms with Gasteiger partial charge < -0.3 is 20.3 Å². The molecule has 0 bridgehead atoms. The highest BCUT2D eigenvalue weighted by atomic mass is 16.5. The molecule has 0 saturated carbocycles. The monoisotopic (exact) mass is 365 g/mol. The van der Waals surface area contributed by atoms with Gasteiger partial charge in [0, 0.05) is 30.8 Å². The lowest BCUT2D eigenvalue weighted by atomic mass is 10.1. The van der Waals surface area contributed by atoms with Gasteiger partial charge in [-0.2, -0.15) is 0 Å². The van der Waals surface area contributed by atoms with Crippen molar-refractivity contribution in [3.05, 3.63) is 53.6 Å². The van der Waals surface area contributed by atoms with Crippen LogP contribution in [0.2, 0.25) is 0 Å². The van der Waals surface area contributed by atoms with Crippen LogP contribution in [0.4, 0.5) is 11.4 Å². The summed E-state index contributed by atoms with van der Waals surface area (Å²) in [6.07, 6.45) is 1.39. The average molecular weight is 365 g/mol. The molecule has 1 saturated heterocycles. The van der Waals surface area contributed by atoms with Gasteiger partial charge in [0.25, 0.3) is 11.8 Å². The van der Waals surface area contributed by atoms with Gasteiger partial charge in [0.1, 0.15) is 5.75 Å². The Morgan fingerprint density at radius 3 is 2.89 bits per heavy atom. The van der Waals surface area contributed by atoms with Crippen molar-refractivity contribution in [2.24, 2.45) is 0 Å². The lowest BCUT2D eigenvalue weighted by Crippen LogP contribution is -2.27. The fourth-order valence-electron chi connectivity index (χ4n) is 3.26. The van der Waals surface area contributed by atoms with E-state index in [1.54, 1.807) is 35.2 Å². The third kappa shape index (κ3) is 3.62. The predicted molar refractivity (Wildman–Crippen MR) is 99.8 cm³/mol. The lowest BCUT2D eigenvalue weighted by molar-refractivity contribution is -0.119. The Morgan fingerprint density at radius 2 is 2.07 bits per heavy atom. The minimum absolute atomic E-state index is 0.0128. The van der Waals surface area contributed by atoms with E-state index >= 15 is 0 Å². The molecule has 7 nitrogen and oxygen atoms in total. The maximum Gasteiger partial charge on any atom is 0.262 e. The molecule has 0 radical (unpaired) electrons. The predicted octanol–water partition coefficient (Wildman–Crippen LogP) is 2.07. The molecule has 0 unspecified atom stereocenters. The standard InChI is InChI=1S/C20H19N3O4/c24-18-12-27-17-7-6-13(9-16(17)22-18)11-21-20(26)14-3-1-4-15(10-14)23-8-2-5-19(23)25/h1,3-4,6-7,9-10H,2,5,8,11-12H2,(H,21,26)(H,22,24). The number of carbonyl (C=O) groups is 3. The number of nitrogens with zero attached hydrogens (tertiary/aromatic N) is 1. The fourth-order valence-corrected chi connectivity index (χ4v) is 3.26. The van der Waals surface area contributed by atoms with Gasteiger partial charge in [-0.1, -0.05) is 12.1 Å². The number of nitrogens with one attached hydrogen (secondary N) is 2. The van der Waals surface area contributed by atoms with Gasteiger partial charge in [0.2, 0.25) is 5.91 Å². The molecular formula is C20H19N3O4. The number of rotatable bonds is 4. The van der Waals surface area contributed by atoms with Crippen molar-refractivity contribution < 1.29 is 19.1 Å². The van der Waals surface area contributed by atoms with Crippen molar-refractivity contribution in [3.8, 4) is 5.75 Å². The van der Waals surface area contributed by atoms with Crippen molar-refractivity contribution >= 4 is 29.1 Å². The summed E-state index contributed by atoms with van der Waals surface area (Å²) in [5.74, 6) is 0.289. The number of benzene rings is 2. The van der Waals surface area contributed by atoms with Gasteiger partial charge in [0.05, 0.1) is 5.69 Å². The first-order valence-corrected chi connectivity index (χ1v) is 8.84. The zero-order valence-corrected chi connectivity index (χ0v) is 14.7. The van der Waals surface area contributed by atoms with Crippen molar-refractivity contribution in [3.63, 3.8) is 0 Å². The second-order valence-corrected chi connectivity index (χ2v) is 6.55. The molecule has 2 aromatic rings. The Balaban J connectivity index is 1.43. The number of carbonyl (C=O) groups excluding carboxylic acids is 3. The number of amides is 3. The third-order valence-corrected chi connectivity index (χ3v) is 4.62. The van der Waals surface area contributed by atoms with E-state index in [4.69, 9.17) is 4.74 Å². The Hall–Kier alpha value is -3.35. The van der Waals surface area contributed by atoms with E-state index < -0.39 is 0 Å². The highest BCUT2D eigenvalue weighted by Crippen LogP contribution is 2.28. The number of ether oxygens (including phenoxy) is 1. The van der Waals surface area contributed by atoms with Crippen LogP contribution in [0.5, 0.6) is 5.75 Å². The Bertz CT molecular complexity index is 925. The van der Waals surface area contributed by atoms with E-state index in [1.807, 2.05) is 12.1 Å². The van der Waals surface area contributed by atoms with Crippen LogP contribution in [0, 0.1) is 0 Å². The van der Waals surface area contributed by atoms with E-state index in [-0.39, 0.29) is 24.3 Å². The van der Waals surface area contributed by atoms with Crippen molar-refractivity contribution in [1.29, 1.82) is 0 Å². The van der Waals surface area contributed by atoms with Crippen molar-refractivity contribution in [2.45, 2.75) is 19.4 Å². The highest BCUT2D eigenvalue weighted by molar-refractivity contribution is 5.99. The van der Waals surface area contributed by atoms with Crippen LogP contribution in [-0.2, 0) is 16.1 Å². The Morgan fingerprint density at radius 1 is 1.19 bits per heavy atom. The van der Waals surface area contributed by atoms with Gasteiger partial charge in [-0.25, -0.2) is 0 Å². The summed E-state index contributed by atoms with van der Waals surface area (Å²) in [6, 6.07) is 12.5. The van der Waals surface area contributed by atoms with Crippen LogP contribution >= 0.6 is 0 Å². The highest BCUT2D eigenvalue weighted by Gasteiger charge is 2.22. The first-order valence-electron chi connectivity index (χ1n) is 8.84. The summed E-state index contributed by atoms with van der Waals surface area (Å²) >= 11 is 0. The normalized spacial score (nSPS) is 15.8.